The zero-order chi connectivity index (χ0) is 22.2. The quantitative estimate of drug-likeness (QED) is 0.658. The monoisotopic (exact) mass is 462 g/mol. The van der Waals surface area contributed by atoms with Crippen molar-refractivity contribution in [3.05, 3.63) is 53.1 Å². The highest BCUT2D eigenvalue weighted by molar-refractivity contribution is 7.92. The Labute approximate surface area is 186 Å². The van der Waals surface area contributed by atoms with E-state index in [0.29, 0.717) is 16.3 Å². The smallest absolute Gasteiger partial charge is 0.265 e. The molecule has 0 radical (unpaired) electrons. The Bertz CT molecular complexity index is 1110. The van der Waals surface area contributed by atoms with Gasteiger partial charge in [-0.3, -0.25) is 19.2 Å². The van der Waals surface area contributed by atoms with Gasteiger partial charge in [0.15, 0.2) is 0 Å². The number of anilines is 1. The molecule has 0 bridgehead atoms. The number of nitrogens with zero attached hydrogens (tertiary/aromatic N) is 1. The Balaban J connectivity index is 1.62. The number of nitrogens with one attached hydrogen (secondary N) is 1. The molecule has 164 valence electrons. The number of hydrogen-bond donors (Lipinski definition) is 1. The van der Waals surface area contributed by atoms with Gasteiger partial charge in [-0.15, -0.1) is 0 Å². The van der Waals surface area contributed by atoms with Crippen LogP contribution in [-0.4, -0.2) is 32.2 Å². The lowest BCUT2D eigenvalue weighted by molar-refractivity contribution is -0.140. The molecule has 9 heteroatoms. The molecule has 1 N–H and O–H groups in total. The standard InChI is InChI=1S/C22H23ClN2O5S/c1-30-19-10-9-14(13-25-21(26)17-7-2-3-8-18(17)22(25)27)11-20(19)31(28,29)24-16-6-4-5-15(23)12-16/h4-6,9-12,17-18,24H,2-3,7-8,13H2,1H3/t17-,18-/m0/s1. The van der Waals surface area contributed by atoms with Crippen LogP contribution in [0, 0.1) is 11.8 Å². The Hall–Kier alpha value is -2.58. The summed E-state index contributed by atoms with van der Waals surface area (Å²) < 4.78 is 33.8. The van der Waals surface area contributed by atoms with Gasteiger partial charge in [0, 0.05) is 5.02 Å². The van der Waals surface area contributed by atoms with Crippen molar-refractivity contribution in [3.8, 4) is 5.75 Å². The molecule has 2 atom stereocenters. The molecule has 2 aromatic rings. The molecule has 1 aliphatic carbocycles. The SMILES string of the molecule is COc1ccc(CN2C(=O)[C@H]3CCCC[C@@H]3C2=O)cc1S(=O)(=O)Nc1cccc(Cl)c1. The van der Waals surface area contributed by atoms with Crippen LogP contribution < -0.4 is 9.46 Å². The molecule has 1 saturated carbocycles. The number of ether oxygens (including phenoxy) is 1. The minimum Gasteiger partial charge on any atom is -0.495 e. The van der Waals surface area contributed by atoms with Crippen LogP contribution in [0.15, 0.2) is 47.4 Å². The molecule has 0 spiro atoms. The van der Waals surface area contributed by atoms with Gasteiger partial charge in [-0.1, -0.05) is 36.6 Å². The normalized spacial score (nSPS) is 21.2. The minimum absolute atomic E-state index is 0.0361. The zero-order valence-corrected chi connectivity index (χ0v) is 18.6. The third-order valence-corrected chi connectivity index (χ3v) is 7.51. The molecule has 7 nitrogen and oxygen atoms in total. The molecule has 31 heavy (non-hydrogen) atoms. The molecule has 1 aliphatic heterocycles. The van der Waals surface area contributed by atoms with E-state index in [4.69, 9.17) is 16.3 Å². The molecular formula is C22H23ClN2O5S. The van der Waals surface area contributed by atoms with Crippen molar-refractivity contribution in [2.45, 2.75) is 37.1 Å². The molecule has 0 unspecified atom stereocenters. The topological polar surface area (TPSA) is 92.8 Å². The van der Waals surface area contributed by atoms with Gasteiger partial charge in [0.05, 0.1) is 31.2 Å². The second kappa shape index (κ2) is 8.51. The highest BCUT2D eigenvalue weighted by Crippen LogP contribution is 2.39. The lowest BCUT2D eigenvalue weighted by Crippen LogP contribution is -2.30. The Morgan fingerprint density at radius 2 is 1.74 bits per heavy atom. The molecule has 1 saturated heterocycles. The number of carbonyl (C=O) groups excluding carboxylic acids is 2. The van der Waals surface area contributed by atoms with Gasteiger partial charge in [0.1, 0.15) is 10.6 Å². The third kappa shape index (κ3) is 4.27. The number of rotatable bonds is 6. The van der Waals surface area contributed by atoms with Crippen molar-refractivity contribution < 1.29 is 22.7 Å². The maximum Gasteiger partial charge on any atom is 0.265 e. The summed E-state index contributed by atoms with van der Waals surface area (Å²) in [6, 6.07) is 11.0. The van der Waals surface area contributed by atoms with Gasteiger partial charge < -0.3 is 4.74 Å². The summed E-state index contributed by atoms with van der Waals surface area (Å²) in [5.41, 5.74) is 0.849. The van der Waals surface area contributed by atoms with E-state index in [1.54, 1.807) is 24.3 Å². The number of likely N-dealkylation sites (tertiary alicyclic amines) is 1. The largest absolute Gasteiger partial charge is 0.495 e. The van der Waals surface area contributed by atoms with E-state index in [2.05, 4.69) is 4.72 Å². The lowest BCUT2D eigenvalue weighted by atomic mass is 9.81. The number of sulfonamides is 1. The molecule has 0 aromatic heterocycles. The summed E-state index contributed by atoms with van der Waals surface area (Å²) in [4.78, 5) is 26.7. The Morgan fingerprint density at radius 3 is 2.35 bits per heavy atom. The Kier molecular flexibility index (Phi) is 5.94. The van der Waals surface area contributed by atoms with Crippen LogP contribution in [-0.2, 0) is 26.2 Å². The van der Waals surface area contributed by atoms with Crippen molar-refractivity contribution in [2.24, 2.45) is 11.8 Å². The number of halogens is 1. The first-order valence-electron chi connectivity index (χ1n) is 10.1. The number of fused-ring (bicyclic) bond motifs is 1. The molecule has 2 amide bonds. The predicted molar refractivity (Wildman–Crippen MR) is 116 cm³/mol. The number of methoxy groups -OCH3 is 1. The van der Waals surface area contributed by atoms with Gasteiger partial charge in [-0.2, -0.15) is 0 Å². The number of amides is 2. The molecular weight excluding hydrogens is 440 g/mol. The maximum absolute atomic E-state index is 13.0. The highest BCUT2D eigenvalue weighted by Gasteiger charge is 2.47. The summed E-state index contributed by atoms with van der Waals surface area (Å²) >= 11 is 5.95. The van der Waals surface area contributed by atoms with Gasteiger partial charge in [0.25, 0.3) is 10.0 Å². The van der Waals surface area contributed by atoms with E-state index in [1.807, 2.05) is 0 Å². The lowest BCUT2D eigenvalue weighted by Gasteiger charge is -2.19. The molecule has 2 aromatic carbocycles. The van der Waals surface area contributed by atoms with Crippen LogP contribution in [0.4, 0.5) is 5.69 Å². The summed E-state index contributed by atoms with van der Waals surface area (Å²) in [5.74, 6) is -0.649. The number of benzene rings is 2. The van der Waals surface area contributed by atoms with Gasteiger partial charge >= 0.3 is 0 Å². The first-order valence-corrected chi connectivity index (χ1v) is 12.0. The van der Waals surface area contributed by atoms with Crippen LogP contribution in [0.3, 0.4) is 0 Å². The van der Waals surface area contributed by atoms with E-state index >= 15 is 0 Å². The fourth-order valence-electron chi connectivity index (χ4n) is 4.36. The zero-order valence-electron chi connectivity index (χ0n) is 17.0. The second-order valence-electron chi connectivity index (χ2n) is 7.86. The van der Waals surface area contributed by atoms with Gasteiger partial charge in [0.2, 0.25) is 11.8 Å². The fourth-order valence-corrected chi connectivity index (χ4v) is 5.82. The number of hydrogen-bond acceptors (Lipinski definition) is 5. The number of imide groups is 1. The van der Waals surface area contributed by atoms with Crippen molar-refractivity contribution in [1.29, 1.82) is 0 Å². The predicted octanol–water partition coefficient (Wildman–Crippen LogP) is 3.82. The molecule has 4 rings (SSSR count). The van der Waals surface area contributed by atoms with E-state index < -0.39 is 10.0 Å². The van der Waals surface area contributed by atoms with Crippen LogP contribution in [0.1, 0.15) is 31.2 Å². The highest BCUT2D eigenvalue weighted by atomic mass is 35.5. The molecule has 2 aliphatic rings. The summed E-state index contributed by atoms with van der Waals surface area (Å²) in [5, 5.41) is 0.397. The van der Waals surface area contributed by atoms with Gasteiger partial charge in [-0.25, -0.2) is 8.42 Å². The summed E-state index contributed by atoms with van der Waals surface area (Å²) in [6.45, 7) is 0.0361. The average molecular weight is 463 g/mol. The first kappa shape index (κ1) is 21.6. The van der Waals surface area contributed by atoms with E-state index in [9.17, 15) is 18.0 Å². The second-order valence-corrected chi connectivity index (χ2v) is 9.95. The maximum atomic E-state index is 13.0. The van der Waals surface area contributed by atoms with Crippen molar-refractivity contribution in [3.63, 3.8) is 0 Å². The van der Waals surface area contributed by atoms with Crippen molar-refractivity contribution in [2.75, 3.05) is 11.8 Å². The summed E-state index contributed by atoms with van der Waals surface area (Å²) in [7, 11) is -2.62. The Morgan fingerprint density at radius 1 is 1.06 bits per heavy atom. The number of carbonyl (C=O) groups is 2. The minimum atomic E-state index is -4.00. The fraction of sp³-hybridized carbons (Fsp3) is 0.364. The van der Waals surface area contributed by atoms with Crippen LogP contribution in [0.2, 0.25) is 5.02 Å². The van der Waals surface area contributed by atoms with Crippen molar-refractivity contribution in [1.82, 2.24) is 4.90 Å². The van der Waals surface area contributed by atoms with Gasteiger partial charge in [-0.05, 0) is 48.7 Å². The van der Waals surface area contributed by atoms with Crippen LogP contribution in [0.5, 0.6) is 5.75 Å². The van der Waals surface area contributed by atoms with Crippen molar-refractivity contribution >= 4 is 39.1 Å². The van der Waals surface area contributed by atoms with Crippen LogP contribution in [0.25, 0.3) is 0 Å². The average Bonchev–Trinajstić information content (AvgIpc) is 2.98. The van der Waals surface area contributed by atoms with Crippen LogP contribution >= 0.6 is 11.6 Å². The van der Waals surface area contributed by atoms with E-state index in [1.165, 1.54) is 30.2 Å². The summed E-state index contributed by atoms with van der Waals surface area (Å²) in [6.07, 6.45) is 3.37. The first-order chi connectivity index (χ1) is 14.8. The molecule has 2 fully saturated rings. The molecule has 1 heterocycles. The third-order valence-electron chi connectivity index (χ3n) is 5.87. The van der Waals surface area contributed by atoms with E-state index in [-0.39, 0.29) is 40.8 Å². The van der Waals surface area contributed by atoms with E-state index in [0.717, 1.165) is 25.7 Å².